The van der Waals surface area contributed by atoms with E-state index in [-0.39, 0.29) is 11.4 Å². The predicted octanol–water partition coefficient (Wildman–Crippen LogP) is 8.98. The molecule has 0 heterocycles. The first-order valence-electron chi connectivity index (χ1n) is 15.3. The molecule has 0 aromatic heterocycles. The summed E-state index contributed by atoms with van der Waals surface area (Å²) in [5.74, 6) is 3.03. The number of hydrogen-bond donors (Lipinski definition) is 0. The van der Waals surface area contributed by atoms with Gasteiger partial charge in [-0.1, -0.05) is 77.8 Å². The lowest BCUT2D eigenvalue weighted by Crippen LogP contribution is -2.65. The van der Waals surface area contributed by atoms with Gasteiger partial charge in [-0.05, 0) is 115 Å². The molecule has 5 saturated carbocycles. The Bertz CT molecular complexity index is 998. The van der Waals surface area contributed by atoms with Gasteiger partial charge in [-0.15, -0.1) is 0 Å². The Balaban J connectivity index is 1.28. The third kappa shape index (κ3) is 3.30. The average molecular weight is 491 g/mol. The molecule has 0 saturated heterocycles. The van der Waals surface area contributed by atoms with Crippen LogP contribution in [0.1, 0.15) is 117 Å². The number of hydrogen-bond acceptors (Lipinski definition) is 2. The van der Waals surface area contributed by atoms with Gasteiger partial charge >= 0.3 is 5.97 Å². The summed E-state index contributed by atoms with van der Waals surface area (Å²) in [5.41, 5.74) is 2.60. The van der Waals surface area contributed by atoms with Crippen LogP contribution in [0, 0.1) is 50.7 Å². The van der Waals surface area contributed by atoms with E-state index in [1.165, 1.54) is 64.2 Å². The van der Waals surface area contributed by atoms with Gasteiger partial charge in [-0.3, -0.25) is 4.79 Å². The molecular weight excluding hydrogens is 440 g/mol. The molecule has 5 fully saturated rings. The highest BCUT2D eigenvalue weighted by molar-refractivity contribution is 5.78. The highest BCUT2D eigenvalue weighted by atomic mass is 16.5. The fourth-order valence-corrected chi connectivity index (χ4v) is 11.9. The van der Waals surface area contributed by atoms with Gasteiger partial charge in [0.1, 0.15) is 6.61 Å². The minimum absolute atomic E-state index is 0.118. The van der Waals surface area contributed by atoms with Crippen LogP contribution in [0.15, 0.2) is 30.3 Å². The van der Waals surface area contributed by atoms with Crippen molar-refractivity contribution in [3.05, 3.63) is 35.9 Å². The van der Waals surface area contributed by atoms with Crippen LogP contribution in [-0.2, 0) is 16.1 Å². The highest BCUT2D eigenvalue weighted by Gasteiger charge is 2.70. The number of rotatable bonds is 3. The summed E-state index contributed by atoms with van der Waals surface area (Å²) < 4.78 is 6.09. The summed E-state index contributed by atoms with van der Waals surface area (Å²) in [7, 11) is 0. The molecule has 0 bridgehead atoms. The molecule has 6 rings (SSSR count). The molecule has 198 valence electrons. The summed E-state index contributed by atoms with van der Waals surface area (Å²) >= 11 is 0. The Kier molecular flexibility index (Phi) is 5.79. The topological polar surface area (TPSA) is 26.3 Å². The average Bonchev–Trinajstić information content (AvgIpc) is 3.28. The third-order valence-corrected chi connectivity index (χ3v) is 13.7. The van der Waals surface area contributed by atoms with E-state index in [0.29, 0.717) is 40.1 Å². The Labute approximate surface area is 220 Å². The molecule has 36 heavy (non-hydrogen) atoms. The maximum absolute atomic E-state index is 13.8. The molecule has 2 nitrogen and oxygen atoms in total. The third-order valence-electron chi connectivity index (χ3n) is 13.7. The molecule has 1 aromatic carbocycles. The van der Waals surface area contributed by atoms with Crippen molar-refractivity contribution in [2.24, 2.45) is 50.7 Å². The molecule has 0 aliphatic heterocycles. The monoisotopic (exact) mass is 490 g/mol. The zero-order valence-electron chi connectivity index (χ0n) is 23.7. The minimum Gasteiger partial charge on any atom is -0.460 e. The standard InChI is InChI=1S/C34H50O2/c1-30(2)17-10-18-31(3)27(30)16-20-33(5)28(31)15-14-25-26-13-9-19-34(26,22-21-32(25,33)4)29(35)36-23-24-11-7-6-8-12-24/h6-8,11-12,25-28H,9-10,13-23H2,1-5H3/t25?,26?,27?,28?,31?,32-,33?,34?/m1/s1. The first-order chi connectivity index (χ1) is 17.1. The lowest BCUT2D eigenvalue weighted by Gasteiger charge is -2.72. The summed E-state index contributed by atoms with van der Waals surface area (Å²) in [6, 6.07) is 10.2. The molecule has 0 amide bonds. The molecule has 2 heteroatoms. The molecule has 8 atom stereocenters. The van der Waals surface area contributed by atoms with E-state index in [1.807, 2.05) is 18.2 Å². The zero-order chi connectivity index (χ0) is 25.4. The van der Waals surface area contributed by atoms with Crippen molar-refractivity contribution in [3.8, 4) is 0 Å². The van der Waals surface area contributed by atoms with E-state index in [9.17, 15) is 4.79 Å². The van der Waals surface area contributed by atoms with Crippen molar-refractivity contribution < 1.29 is 9.53 Å². The second-order valence-electron chi connectivity index (χ2n) is 15.2. The Morgan fingerprint density at radius 3 is 2.31 bits per heavy atom. The Hall–Kier alpha value is -1.31. The van der Waals surface area contributed by atoms with Gasteiger partial charge in [0.2, 0.25) is 0 Å². The minimum atomic E-state index is -0.226. The second kappa shape index (κ2) is 8.34. The number of carbonyl (C=O) groups is 1. The van der Waals surface area contributed by atoms with Crippen molar-refractivity contribution in [1.82, 2.24) is 0 Å². The first-order valence-corrected chi connectivity index (χ1v) is 15.3. The van der Waals surface area contributed by atoms with Gasteiger partial charge in [0.25, 0.3) is 0 Å². The van der Waals surface area contributed by atoms with Crippen molar-refractivity contribution in [2.75, 3.05) is 0 Å². The van der Waals surface area contributed by atoms with Crippen molar-refractivity contribution >= 4 is 5.97 Å². The Morgan fingerprint density at radius 2 is 1.53 bits per heavy atom. The number of benzene rings is 1. The number of carbonyl (C=O) groups excluding carboxylic acids is 1. The van der Waals surface area contributed by atoms with Crippen molar-refractivity contribution in [1.29, 1.82) is 0 Å². The van der Waals surface area contributed by atoms with Crippen LogP contribution in [0.5, 0.6) is 0 Å². The molecule has 0 spiro atoms. The van der Waals surface area contributed by atoms with Crippen LogP contribution >= 0.6 is 0 Å². The highest BCUT2D eigenvalue weighted by Crippen LogP contribution is 2.76. The van der Waals surface area contributed by atoms with Crippen molar-refractivity contribution in [2.45, 2.75) is 118 Å². The van der Waals surface area contributed by atoms with Crippen LogP contribution in [0.3, 0.4) is 0 Å². The van der Waals surface area contributed by atoms with Crippen LogP contribution in [0.25, 0.3) is 0 Å². The molecule has 1 aromatic rings. The molecular formula is C34H50O2. The van der Waals surface area contributed by atoms with Gasteiger partial charge < -0.3 is 4.74 Å². The molecule has 7 unspecified atom stereocenters. The summed E-state index contributed by atoms with van der Waals surface area (Å²) in [6.07, 6.45) is 15.5. The largest absolute Gasteiger partial charge is 0.460 e. The fourth-order valence-electron chi connectivity index (χ4n) is 11.9. The molecule has 5 aliphatic carbocycles. The Morgan fingerprint density at radius 1 is 0.750 bits per heavy atom. The lowest BCUT2D eigenvalue weighted by molar-refractivity contribution is -0.236. The summed E-state index contributed by atoms with van der Waals surface area (Å²) in [6.45, 7) is 13.7. The van der Waals surface area contributed by atoms with E-state index in [4.69, 9.17) is 4.74 Å². The first kappa shape index (κ1) is 25.0. The van der Waals surface area contributed by atoms with Gasteiger partial charge in [-0.25, -0.2) is 0 Å². The molecule has 0 radical (unpaired) electrons. The fraction of sp³-hybridized carbons (Fsp3) is 0.794. The van der Waals surface area contributed by atoms with E-state index in [2.05, 4.69) is 46.8 Å². The van der Waals surface area contributed by atoms with Gasteiger partial charge in [0, 0.05) is 0 Å². The van der Waals surface area contributed by atoms with Crippen LogP contribution in [0.2, 0.25) is 0 Å². The summed E-state index contributed by atoms with van der Waals surface area (Å²) in [5, 5.41) is 0. The van der Waals surface area contributed by atoms with Gasteiger partial charge in [-0.2, -0.15) is 0 Å². The van der Waals surface area contributed by atoms with Gasteiger partial charge in [0.15, 0.2) is 0 Å². The van der Waals surface area contributed by atoms with Crippen LogP contribution < -0.4 is 0 Å². The second-order valence-corrected chi connectivity index (χ2v) is 15.2. The zero-order valence-corrected chi connectivity index (χ0v) is 23.7. The van der Waals surface area contributed by atoms with E-state index >= 15 is 0 Å². The van der Waals surface area contributed by atoms with E-state index in [1.54, 1.807) is 0 Å². The SMILES string of the molecule is CC1(C)CCCC2(C)C1CCC1(C)C2CCC2C3CCCC3(C(=O)OCc3ccccc3)CC[C@]21C. The molecule has 0 N–H and O–H groups in total. The quantitative estimate of drug-likeness (QED) is 0.395. The normalized spacial score (nSPS) is 47.1. The van der Waals surface area contributed by atoms with Crippen molar-refractivity contribution in [3.63, 3.8) is 0 Å². The van der Waals surface area contributed by atoms with E-state index in [0.717, 1.165) is 30.2 Å². The summed E-state index contributed by atoms with van der Waals surface area (Å²) in [4.78, 5) is 13.8. The number of esters is 1. The van der Waals surface area contributed by atoms with Crippen LogP contribution in [0.4, 0.5) is 0 Å². The smallest absolute Gasteiger partial charge is 0.312 e. The maximum Gasteiger partial charge on any atom is 0.312 e. The molecule has 5 aliphatic rings. The number of ether oxygens (including phenoxy) is 1. The van der Waals surface area contributed by atoms with Crippen LogP contribution in [-0.4, -0.2) is 5.97 Å². The maximum atomic E-state index is 13.8. The predicted molar refractivity (Wildman–Crippen MR) is 146 cm³/mol. The lowest BCUT2D eigenvalue weighted by atomic mass is 9.32. The number of fused-ring (bicyclic) bond motifs is 7. The van der Waals surface area contributed by atoms with E-state index < -0.39 is 0 Å². The van der Waals surface area contributed by atoms with Gasteiger partial charge in [0.05, 0.1) is 5.41 Å².